The lowest BCUT2D eigenvalue weighted by molar-refractivity contribution is -0.137. The third-order valence-corrected chi connectivity index (χ3v) is 4.00. The van der Waals surface area contributed by atoms with E-state index in [0.717, 1.165) is 18.6 Å². The first-order chi connectivity index (χ1) is 11.3. The molecule has 0 bridgehead atoms. The largest absolute Gasteiger partial charge is 0.416 e. The van der Waals surface area contributed by atoms with E-state index >= 15 is 0 Å². The van der Waals surface area contributed by atoms with E-state index in [1.165, 1.54) is 6.07 Å². The molecule has 1 aromatic rings. The molecule has 0 aromatic heterocycles. The Labute approximate surface area is 139 Å². The number of benzene rings is 1. The van der Waals surface area contributed by atoms with Crippen LogP contribution in [0.4, 0.5) is 13.2 Å². The fraction of sp³-hybridized carbons (Fsp3) is 0.529. The van der Waals surface area contributed by atoms with Crippen LogP contribution < -0.4 is 5.32 Å². The number of halogens is 3. The summed E-state index contributed by atoms with van der Waals surface area (Å²) < 4.78 is 38.8. The molecule has 0 radical (unpaired) electrons. The minimum atomic E-state index is -4.45. The highest BCUT2D eigenvalue weighted by Gasteiger charge is 2.32. The number of hydrogen-bond acceptors (Lipinski definition) is 2. The van der Waals surface area contributed by atoms with Crippen LogP contribution in [0.1, 0.15) is 49.8 Å². The van der Waals surface area contributed by atoms with Gasteiger partial charge in [0.25, 0.3) is 0 Å². The maximum atomic E-state index is 12.9. The predicted molar refractivity (Wildman–Crippen MR) is 83.0 cm³/mol. The van der Waals surface area contributed by atoms with Crippen LogP contribution in [0.25, 0.3) is 0 Å². The van der Waals surface area contributed by atoms with E-state index in [2.05, 4.69) is 5.32 Å². The second-order valence-corrected chi connectivity index (χ2v) is 5.94. The zero-order chi connectivity index (χ0) is 17.7. The van der Waals surface area contributed by atoms with Crippen LogP contribution in [-0.2, 0) is 15.8 Å². The van der Waals surface area contributed by atoms with Crippen molar-refractivity contribution in [3.05, 3.63) is 35.4 Å². The highest BCUT2D eigenvalue weighted by atomic mass is 19.4. The molecule has 1 aliphatic rings. The number of nitrogens with zero attached hydrogens (tertiary/aromatic N) is 1. The summed E-state index contributed by atoms with van der Waals surface area (Å²) in [5, 5.41) is 2.76. The molecule has 1 fully saturated rings. The molecule has 0 aliphatic carbocycles. The first-order valence-electron chi connectivity index (χ1n) is 8.05. The van der Waals surface area contributed by atoms with E-state index in [4.69, 9.17) is 0 Å². The third kappa shape index (κ3) is 4.72. The first-order valence-corrected chi connectivity index (χ1v) is 8.05. The number of carbonyl (C=O) groups excluding carboxylic acids is 2. The van der Waals surface area contributed by atoms with Crippen LogP contribution in [0.3, 0.4) is 0 Å². The van der Waals surface area contributed by atoms with Crippen LogP contribution in [0.15, 0.2) is 24.3 Å². The molecule has 2 amide bonds. The van der Waals surface area contributed by atoms with Crippen LogP contribution in [0, 0.1) is 0 Å². The highest BCUT2D eigenvalue weighted by molar-refractivity contribution is 5.79. The lowest BCUT2D eigenvalue weighted by atomic mass is 10.0. The summed E-state index contributed by atoms with van der Waals surface area (Å²) in [6.07, 6.45) is -2.33. The van der Waals surface area contributed by atoms with Crippen LogP contribution in [0.5, 0.6) is 0 Å². The van der Waals surface area contributed by atoms with Gasteiger partial charge in [-0.3, -0.25) is 9.59 Å². The molecule has 132 valence electrons. The van der Waals surface area contributed by atoms with Crippen LogP contribution in [0.2, 0.25) is 0 Å². The lowest BCUT2D eigenvalue weighted by Gasteiger charge is -2.25. The topological polar surface area (TPSA) is 49.4 Å². The van der Waals surface area contributed by atoms with Gasteiger partial charge in [-0.15, -0.1) is 0 Å². The van der Waals surface area contributed by atoms with Crippen molar-refractivity contribution >= 4 is 11.8 Å². The Balaban J connectivity index is 2.24. The molecule has 0 spiro atoms. The van der Waals surface area contributed by atoms with Gasteiger partial charge in [0.05, 0.1) is 11.6 Å². The van der Waals surface area contributed by atoms with E-state index in [9.17, 15) is 22.8 Å². The van der Waals surface area contributed by atoms with Gasteiger partial charge in [-0.25, -0.2) is 0 Å². The molecule has 0 saturated carbocycles. The fourth-order valence-electron chi connectivity index (χ4n) is 2.78. The van der Waals surface area contributed by atoms with Crippen LogP contribution >= 0.6 is 0 Å². The van der Waals surface area contributed by atoms with Crippen molar-refractivity contribution in [3.63, 3.8) is 0 Å². The summed E-state index contributed by atoms with van der Waals surface area (Å²) in [5.41, 5.74) is -0.406. The average molecular weight is 342 g/mol. The Bertz CT molecular complexity index is 602. The number of alkyl halides is 3. The van der Waals surface area contributed by atoms with Crippen molar-refractivity contribution in [1.29, 1.82) is 0 Å². The smallest absolute Gasteiger partial charge is 0.348 e. The second-order valence-electron chi connectivity index (χ2n) is 5.94. The molecule has 1 heterocycles. The summed E-state index contributed by atoms with van der Waals surface area (Å²) in [6, 6.07) is 4.26. The Morgan fingerprint density at radius 1 is 1.38 bits per heavy atom. The molecule has 1 aliphatic heterocycles. The quantitative estimate of drug-likeness (QED) is 0.862. The van der Waals surface area contributed by atoms with Crippen molar-refractivity contribution in [1.82, 2.24) is 10.2 Å². The Kier molecular flexibility index (Phi) is 5.85. The van der Waals surface area contributed by atoms with Gasteiger partial charge in [-0.05, 0) is 30.5 Å². The second kappa shape index (κ2) is 7.68. The van der Waals surface area contributed by atoms with Gasteiger partial charge >= 0.3 is 6.18 Å². The molecule has 1 unspecified atom stereocenters. The predicted octanol–water partition coefficient (Wildman–Crippen LogP) is 3.29. The summed E-state index contributed by atoms with van der Waals surface area (Å²) in [5.74, 6) is -0.261. The monoisotopic (exact) mass is 342 g/mol. The summed E-state index contributed by atoms with van der Waals surface area (Å²) in [7, 11) is 0. The number of carbonyl (C=O) groups is 2. The number of hydrogen-bond donors (Lipinski definition) is 1. The van der Waals surface area contributed by atoms with E-state index < -0.39 is 17.8 Å². The molecule has 7 heteroatoms. The van der Waals surface area contributed by atoms with Gasteiger partial charge < -0.3 is 10.2 Å². The number of rotatable bonds is 6. The van der Waals surface area contributed by atoms with E-state index in [1.54, 1.807) is 11.0 Å². The van der Waals surface area contributed by atoms with Gasteiger partial charge in [0.1, 0.15) is 0 Å². The van der Waals surface area contributed by atoms with E-state index in [-0.39, 0.29) is 18.4 Å². The molecule has 1 atom stereocenters. The van der Waals surface area contributed by atoms with Crippen molar-refractivity contribution < 1.29 is 22.8 Å². The normalized spacial score (nSPS) is 16.3. The minimum Gasteiger partial charge on any atom is -0.348 e. The standard InChI is InChI=1S/C17H21F3N2O2/c1-2-5-15(23)21-14(11-22-9-4-8-16(22)24)12-6-3-7-13(10-12)17(18,19)20/h3,6-7,10,14H,2,4-5,8-9,11H2,1H3,(H,21,23). The Morgan fingerprint density at radius 3 is 2.71 bits per heavy atom. The molecule has 1 saturated heterocycles. The molecule has 1 aromatic carbocycles. The fourth-order valence-corrected chi connectivity index (χ4v) is 2.78. The zero-order valence-corrected chi connectivity index (χ0v) is 13.5. The molecule has 4 nitrogen and oxygen atoms in total. The SMILES string of the molecule is CCCC(=O)NC(CN1CCCC1=O)c1cccc(C(F)(F)F)c1. The average Bonchev–Trinajstić information content (AvgIpc) is 2.91. The Hall–Kier alpha value is -2.05. The number of amides is 2. The molecular weight excluding hydrogens is 321 g/mol. The van der Waals surface area contributed by atoms with Crippen molar-refractivity contribution in [2.75, 3.05) is 13.1 Å². The molecular formula is C17H21F3N2O2. The van der Waals surface area contributed by atoms with Crippen molar-refractivity contribution in [2.24, 2.45) is 0 Å². The van der Waals surface area contributed by atoms with Crippen molar-refractivity contribution in [3.8, 4) is 0 Å². The van der Waals surface area contributed by atoms with Crippen molar-refractivity contribution in [2.45, 2.75) is 44.8 Å². The third-order valence-electron chi connectivity index (χ3n) is 4.00. The summed E-state index contributed by atoms with van der Waals surface area (Å²) in [4.78, 5) is 25.3. The summed E-state index contributed by atoms with van der Waals surface area (Å²) in [6.45, 7) is 2.61. The maximum absolute atomic E-state index is 12.9. The van der Waals surface area contributed by atoms with Gasteiger partial charge in [0.15, 0.2) is 0 Å². The van der Waals surface area contributed by atoms with E-state index in [1.807, 2.05) is 6.92 Å². The molecule has 2 rings (SSSR count). The summed E-state index contributed by atoms with van der Waals surface area (Å²) >= 11 is 0. The van der Waals surface area contributed by atoms with Crippen LogP contribution in [-0.4, -0.2) is 29.8 Å². The molecule has 1 N–H and O–H groups in total. The molecule has 24 heavy (non-hydrogen) atoms. The van der Waals surface area contributed by atoms with E-state index in [0.29, 0.717) is 31.4 Å². The minimum absolute atomic E-state index is 0.0308. The maximum Gasteiger partial charge on any atom is 0.416 e. The highest BCUT2D eigenvalue weighted by Crippen LogP contribution is 2.31. The van der Waals surface area contributed by atoms with Gasteiger partial charge in [0.2, 0.25) is 11.8 Å². The number of likely N-dealkylation sites (tertiary alicyclic amines) is 1. The van der Waals surface area contributed by atoms with Gasteiger partial charge in [0, 0.05) is 25.9 Å². The van der Waals surface area contributed by atoms with Gasteiger partial charge in [-0.2, -0.15) is 13.2 Å². The lowest BCUT2D eigenvalue weighted by Crippen LogP contribution is -2.38. The first kappa shape index (κ1) is 18.3. The number of nitrogens with one attached hydrogen (secondary N) is 1. The Morgan fingerprint density at radius 2 is 2.12 bits per heavy atom. The van der Waals surface area contributed by atoms with Gasteiger partial charge in [-0.1, -0.05) is 19.1 Å². The zero-order valence-electron chi connectivity index (χ0n) is 13.5.